The molecule has 1 aromatic carbocycles. The Hall–Kier alpha value is -1.40. The maximum atomic E-state index is 12.2. The number of hydrogen-bond acceptors (Lipinski definition) is 3. The molecule has 2 amide bonds. The van der Waals surface area contributed by atoms with Crippen LogP contribution in [0.3, 0.4) is 0 Å². The summed E-state index contributed by atoms with van der Waals surface area (Å²) < 4.78 is 5.90. The maximum absolute atomic E-state index is 12.2. The third kappa shape index (κ3) is 4.55. The van der Waals surface area contributed by atoms with Crippen molar-refractivity contribution < 1.29 is 14.3 Å². The Balaban J connectivity index is 1.79. The van der Waals surface area contributed by atoms with E-state index in [9.17, 15) is 9.59 Å². The van der Waals surface area contributed by atoms with Crippen molar-refractivity contribution in [1.82, 2.24) is 5.32 Å². The van der Waals surface area contributed by atoms with E-state index in [0.29, 0.717) is 19.6 Å². The van der Waals surface area contributed by atoms with Crippen molar-refractivity contribution in [3.63, 3.8) is 0 Å². The highest BCUT2D eigenvalue weighted by Gasteiger charge is 2.47. The lowest BCUT2D eigenvalue weighted by molar-refractivity contribution is -0.125. The van der Waals surface area contributed by atoms with Gasteiger partial charge >= 0.3 is 0 Å². The highest BCUT2D eigenvalue weighted by Crippen LogP contribution is 2.39. The van der Waals surface area contributed by atoms with E-state index < -0.39 is 0 Å². The van der Waals surface area contributed by atoms with E-state index in [4.69, 9.17) is 4.74 Å². The molecular weight excluding hydrogens is 348 g/mol. The maximum Gasteiger partial charge on any atom is 0.228 e. The van der Waals surface area contributed by atoms with E-state index in [1.807, 2.05) is 25.1 Å². The average molecular weight is 369 g/mol. The number of halogens is 1. The standard InChI is InChI=1S/C16H21BrN2O3/c1-10-8-11(17)4-5-14(10)19-16(21)13-9-12(13)15(20)18-6-3-7-22-2/h4-5,8,12-13H,3,6-7,9H2,1-2H3,(H,18,20)(H,19,21). The highest BCUT2D eigenvalue weighted by atomic mass is 79.9. The zero-order chi connectivity index (χ0) is 16.1. The lowest BCUT2D eigenvalue weighted by Gasteiger charge is -2.09. The van der Waals surface area contributed by atoms with E-state index in [2.05, 4.69) is 26.6 Å². The molecule has 1 aliphatic rings. The largest absolute Gasteiger partial charge is 0.385 e. The van der Waals surface area contributed by atoms with Crippen LogP contribution in [0, 0.1) is 18.8 Å². The third-order valence-electron chi connectivity index (χ3n) is 3.73. The van der Waals surface area contributed by atoms with Gasteiger partial charge < -0.3 is 15.4 Å². The number of hydrogen-bond donors (Lipinski definition) is 2. The van der Waals surface area contributed by atoms with Crippen LogP contribution in [0.5, 0.6) is 0 Å². The highest BCUT2D eigenvalue weighted by molar-refractivity contribution is 9.10. The summed E-state index contributed by atoms with van der Waals surface area (Å²) in [6.45, 7) is 3.15. The summed E-state index contributed by atoms with van der Waals surface area (Å²) >= 11 is 3.39. The van der Waals surface area contributed by atoms with Crippen LogP contribution in [0.1, 0.15) is 18.4 Å². The number of ether oxygens (including phenoxy) is 1. The van der Waals surface area contributed by atoms with Gasteiger partial charge in [-0.3, -0.25) is 9.59 Å². The Morgan fingerprint density at radius 2 is 2.05 bits per heavy atom. The first-order chi connectivity index (χ1) is 10.5. The van der Waals surface area contributed by atoms with Crippen LogP contribution in [0.25, 0.3) is 0 Å². The van der Waals surface area contributed by atoms with Crippen molar-refractivity contribution in [3.05, 3.63) is 28.2 Å². The van der Waals surface area contributed by atoms with E-state index in [1.165, 1.54) is 0 Å². The molecule has 1 fully saturated rings. The van der Waals surface area contributed by atoms with Gasteiger partial charge in [0.05, 0.1) is 11.8 Å². The lowest BCUT2D eigenvalue weighted by Crippen LogP contribution is -2.28. The number of nitrogens with one attached hydrogen (secondary N) is 2. The fourth-order valence-corrected chi connectivity index (χ4v) is 2.80. The minimum absolute atomic E-state index is 0.0382. The molecule has 1 saturated carbocycles. The number of rotatable bonds is 7. The molecule has 0 bridgehead atoms. The smallest absolute Gasteiger partial charge is 0.228 e. The quantitative estimate of drug-likeness (QED) is 0.726. The molecule has 1 aromatic rings. The second kappa shape index (κ2) is 7.74. The van der Waals surface area contributed by atoms with Gasteiger partial charge in [0.1, 0.15) is 0 Å². The van der Waals surface area contributed by atoms with Gasteiger partial charge in [0, 0.05) is 30.4 Å². The predicted molar refractivity (Wildman–Crippen MR) is 88.6 cm³/mol. The fourth-order valence-electron chi connectivity index (χ4n) is 2.33. The molecule has 2 atom stereocenters. The fraction of sp³-hybridized carbons (Fsp3) is 0.500. The molecule has 0 radical (unpaired) electrons. The van der Waals surface area contributed by atoms with Gasteiger partial charge in [-0.25, -0.2) is 0 Å². The topological polar surface area (TPSA) is 67.4 Å². The van der Waals surface area contributed by atoms with Crippen molar-refractivity contribution in [1.29, 1.82) is 0 Å². The van der Waals surface area contributed by atoms with Crippen LogP contribution in [-0.4, -0.2) is 32.1 Å². The molecule has 1 aliphatic carbocycles. The Kier molecular flexibility index (Phi) is 5.97. The lowest BCUT2D eigenvalue weighted by atomic mass is 10.2. The summed E-state index contributed by atoms with van der Waals surface area (Å²) in [6, 6.07) is 5.69. The summed E-state index contributed by atoms with van der Waals surface area (Å²) in [5.41, 5.74) is 1.78. The van der Waals surface area contributed by atoms with E-state index in [-0.39, 0.29) is 23.7 Å². The van der Waals surface area contributed by atoms with E-state index in [0.717, 1.165) is 22.1 Å². The van der Waals surface area contributed by atoms with Crippen LogP contribution in [0.15, 0.2) is 22.7 Å². The summed E-state index contributed by atoms with van der Waals surface area (Å²) in [4.78, 5) is 24.1. The van der Waals surface area contributed by atoms with Crippen molar-refractivity contribution in [2.75, 3.05) is 25.6 Å². The minimum atomic E-state index is -0.217. The Labute approximate surface area is 138 Å². The summed E-state index contributed by atoms with van der Waals surface area (Å²) in [5, 5.41) is 5.74. The van der Waals surface area contributed by atoms with Crippen LogP contribution >= 0.6 is 15.9 Å². The van der Waals surface area contributed by atoms with Crippen molar-refractivity contribution in [2.24, 2.45) is 11.8 Å². The Morgan fingerprint density at radius 1 is 1.32 bits per heavy atom. The molecule has 2 N–H and O–H groups in total. The van der Waals surface area contributed by atoms with Crippen LogP contribution in [0.4, 0.5) is 5.69 Å². The predicted octanol–water partition coefficient (Wildman–Crippen LogP) is 2.48. The number of carbonyl (C=O) groups excluding carboxylic acids is 2. The van der Waals surface area contributed by atoms with Gasteiger partial charge in [-0.15, -0.1) is 0 Å². The van der Waals surface area contributed by atoms with E-state index >= 15 is 0 Å². The Bertz CT molecular complexity index is 562. The molecule has 2 rings (SSSR count). The van der Waals surface area contributed by atoms with Gasteiger partial charge in [0.2, 0.25) is 11.8 Å². The molecular formula is C16H21BrN2O3. The third-order valence-corrected chi connectivity index (χ3v) is 4.23. The average Bonchev–Trinajstić information content (AvgIpc) is 3.27. The molecule has 0 saturated heterocycles. The van der Waals surface area contributed by atoms with Gasteiger partial charge in [-0.2, -0.15) is 0 Å². The van der Waals surface area contributed by atoms with Gasteiger partial charge in [0.25, 0.3) is 0 Å². The molecule has 22 heavy (non-hydrogen) atoms. The van der Waals surface area contributed by atoms with Crippen LogP contribution in [-0.2, 0) is 14.3 Å². The first kappa shape index (κ1) is 17.0. The van der Waals surface area contributed by atoms with Gasteiger partial charge in [-0.05, 0) is 43.5 Å². The zero-order valence-corrected chi connectivity index (χ0v) is 14.4. The van der Waals surface area contributed by atoms with Crippen molar-refractivity contribution >= 4 is 33.4 Å². The summed E-state index contributed by atoms with van der Waals surface area (Å²) in [7, 11) is 1.63. The monoisotopic (exact) mass is 368 g/mol. The first-order valence-corrected chi connectivity index (χ1v) is 8.16. The molecule has 0 aromatic heterocycles. The number of benzene rings is 1. The molecule has 0 spiro atoms. The second-order valence-corrected chi connectivity index (χ2v) is 6.45. The zero-order valence-electron chi connectivity index (χ0n) is 12.8. The number of anilines is 1. The first-order valence-electron chi connectivity index (χ1n) is 7.36. The van der Waals surface area contributed by atoms with Gasteiger partial charge in [0.15, 0.2) is 0 Å². The SMILES string of the molecule is COCCCNC(=O)C1CC1C(=O)Nc1ccc(Br)cc1C. The van der Waals surface area contributed by atoms with Crippen LogP contribution < -0.4 is 10.6 Å². The number of aryl methyl sites for hydroxylation is 1. The summed E-state index contributed by atoms with van der Waals surface area (Å²) in [6.07, 6.45) is 1.40. The molecule has 6 heteroatoms. The number of amides is 2. The van der Waals surface area contributed by atoms with Crippen molar-refractivity contribution in [2.45, 2.75) is 19.8 Å². The normalized spacial score (nSPS) is 19.6. The van der Waals surface area contributed by atoms with Crippen molar-refractivity contribution in [3.8, 4) is 0 Å². The minimum Gasteiger partial charge on any atom is -0.385 e. The molecule has 0 heterocycles. The Morgan fingerprint density at radius 3 is 2.73 bits per heavy atom. The second-order valence-electron chi connectivity index (χ2n) is 5.53. The van der Waals surface area contributed by atoms with Crippen LogP contribution in [0.2, 0.25) is 0 Å². The molecule has 0 aliphatic heterocycles. The van der Waals surface area contributed by atoms with Gasteiger partial charge in [-0.1, -0.05) is 15.9 Å². The number of carbonyl (C=O) groups is 2. The summed E-state index contributed by atoms with van der Waals surface area (Å²) in [5.74, 6) is -0.532. The molecule has 2 unspecified atom stereocenters. The number of methoxy groups -OCH3 is 1. The molecule has 120 valence electrons. The van der Waals surface area contributed by atoms with E-state index in [1.54, 1.807) is 7.11 Å². The molecule has 5 nitrogen and oxygen atoms in total.